The van der Waals surface area contributed by atoms with Crippen molar-refractivity contribution < 1.29 is 4.79 Å². The van der Waals surface area contributed by atoms with E-state index in [0.717, 1.165) is 22.9 Å². The maximum atomic E-state index is 10.7. The quantitative estimate of drug-likeness (QED) is 0.785. The van der Waals surface area contributed by atoms with Crippen molar-refractivity contribution in [3.05, 3.63) is 28.2 Å². The number of benzene rings is 1. The molecule has 92 valence electrons. The SMILES string of the molecule is CCC1CCCCN1c1ccc(C=O)cc1Br. The minimum Gasteiger partial charge on any atom is -0.368 e. The maximum absolute atomic E-state index is 10.7. The lowest BCUT2D eigenvalue weighted by molar-refractivity contribution is 0.112. The minimum atomic E-state index is 0.641. The van der Waals surface area contributed by atoms with E-state index in [1.165, 1.54) is 31.4 Å². The van der Waals surface area contributed by atoms with Crippen LogP contribution in [-0.4, -0.2) is 18.9 Å². The molecule has 1 fully saturated rings. The third kappa shape index (κ3) is 2.71. The van der Waals surface area contributed by atoms with Gasteiger partial charge in [-0.25, -0.2) is 0 Å². The first-order chi connectivity index (χ1) is 8.26. The zero-order chi connectivity index (χ0) is 12.3. The fourth-order valence-corrected chi connectivity index (χ4v) is 3.20. The minimum absolute atomic E-state index is 0.641. The molecule has 1 aromatic carbocycles. The first kappa shape index (κ1) is 12.6. The van der Waals surface area contributed by atoms with Crippen molar-refractivity contribution in [2.24, 2.45) is 0 Å². The van der Waals surface area contributed by atoms with Gasteiger partial charge < -0.3 is 4.90 Å². The molecule has 1 unspecified atom stereocenters. The van der Waals surface area contributed by atoms with Gasteiger partial charge in [0.1, 0.15) is 6.29 Å². The van der Waals surface area contributed by atoms with Gasteiger partial charge >= 0.3 is 0 Å². The summed E-state index contributed by atoms with van der Waals surface area (Å²) in [5.41, 5.74) is 1.95. The van der Waals surface area contributed by atoms with Gasteiger partial charge in [0, 0.05) is 22.6 Å². The normalized spacial score (nSPS) is 20.4. The summed E-state index contributed by atoms with van der Waals surface area (Å²) >= 11 is 3.58. The van der Waals surface area contributed by atoms with Crippen LogP contribution < -0.4 is 4.90 Å². The van der Waals surface area contributed by atoms with E-state index in [4.69, 9.17) is 0 Å². The molecule has 0 aromatic heterocycles. The number of aldehydes is 1. The number of halogens is 1. The first-order valence-electron chi connectivity index (χ1n) is 6.27. The predicted octanol–water partition coefficient (Wildman–Crippen LogP) is 4.03. The molecule has 0 spiro atoms. The van der Waals surface area contributed by atoms with E-state index in [0.29, 0.717) is 6.04 Å². The number of piperidine rings is 1. The van der Waals surface area contributed by atoms with Crippen molar-refractivity contribution in [3.8, 4) is 0 Å². The van der Waals surface area contributed by atoms with Gasteiger partial charge in [-0.2, -0.15) is 0 Å². The van der Waals surface area contributed by atoms with Gasteiger partial charge in [-0.15, -0.1) is 0 Å². The Labute approximate surface area is 111 Å². The summed E-state index contributed by atoms with van der Waals surface area (Å²) in [5, 5.41) is 0. The van der Waals surface area contributed by atoms with Gasteiger partial charge in [0.15, 0.2) is 0 Å². The Morgan fingerprint density at radius 3 is 2.94 bits per heavy atom. The molecule has 0 radical (unpaired) electrons. The number of nitrogens with zero attached hydrogens (tertiary/aromatic N) is 1. The number of carbonyl (C=O) groups excluding carboxylic acids is 1. The van der Waals surface area contributed by atoms with Crippen LogP contribution in [0.15, 0.2) is 22.7 Å². The lowest BCUT2D eigenvalue weighted by atomic mass is 9.99. The first-order valence-corrected chi connectivity index (χ1v) is 7.07. The summed E-state index contributed by atoms with van der Waals surface area (Å²) < 4.78 is 1.03. The van der Waals surface area contributed by atoms with E-state index >= 15 is 0 Å². The number of carbonyl (C=O) groups is 1. The summed E-state index contributed by atoms with van der Waals surface area (Å²) in [5.74, 6) is 0. The molecule has 0 bridgehead atoms. The molecule has 1 saturated heterocycles. The summed E-state index contributed by atoms with van der Waals surface area (Å²) in [6.45, 7) is 3.37. The highest BCUT2D eigenvalue weighted by Gasteiger charge is 2.22. The molecule has 3 heteroatoms. The summed E-state index contributed by atoms with van der Waals surface area (Å²) in [6, 6.07) is 6.50. The van der Waals surface area contributed by atoms with Gasteiger partial charge in [0.25, 0.3) is 0 Å². The van der Waals surface area contributed by atoms with Crippen molar-refractivity contribution in [2.45, 2.75) is 38.6 Å². The molecule has 1 aliphatic heterocycles. The highest BCUT2D eigenvalue weighted by Crippen LogP contribution is 2.32. The number of anilines is 1. The Kier molecular flexibility index (Phi) is 4.21. The van der Waals surface area contributed by atoms with E-state index in [1.807, 2.05) is 12.1 Å². The molecule has 2 nitrogen and oxygen atoms in total. The Balaban J connectivity index is 2.28. The lowest BCUT2D eigenvalue weighted by Crippen LogP contribution is -2.39. The van der Waals surface area contributed by atoms with Crippen LogP contribution in [0.25, 0.3) is 0 Å². The Bertz CT molecular complexity index is 405. The fraction of sp³-hybridized carbons (Fsp3) is 0.500. The molecular weight excluding hydrogens is 278 g/mol. The third-order valence-corrected chi connectivity index (χ3v) is 4.15. The average Bonchev–Trinajstić information content (AvgIpc) is 2.38. The Hall–Kier alpha value is -0.830. The molecular formula is C14H18BrNO. The van der Waals surface area contributed by atoms with Crippen LogP contribution in [0.3, 0.4) is 0 Å². The summed E-state index contributed by atoms with van der Waals surface area (Å²) in [6.07, 6.45) is 5.94. The van der Waals surface area contributed by atoms with Crippen molar-refractivity contribution in [3.63, 3.8) is 0 Å². The Morgan fingerprint density at radius 2 is 2.29 bits per heavy atom. The van der Waals surface area contributed by atoms with Crippen LogP contribution in [0.5, 0.6) is 0 Å². The van der Waals surface area contributed by atoms with Crippen LogP contribution in [0.2, 0.25) is 0 Å². The molecule has 1 aromatic rings. The van der Waals surface area contributed by atoms with Crippen molar-refractivity contribution >= 4 is 27.9 Å². The molecule has 0 saturated carbocycles. The van der Waals surface area contributed by atoms with Crippen molar-refractivity contribution in [1.82, 2.24) is 0 Å². The lowest BCUT2D eigenvalue weighted by Gasteiger charge is -2.37. The van der Waals surface area contributed by atoms with Crippen LogP contribution in [-0.2, 0) is 0 Å². The smallest absolute Gasteiger partial charge is 0.150 e. The van der Waals surface area contributed by atoms with Gasteiger partial charge in [-0.3, -0.25) is 4.79 Å². The van der Waals surface area contributed by atoms with E-state index in [-0.39, 0.29) is 0 Å². The zero-order valence-electron chi connectivity index (χ0n) is 10.2. The fourth-order valence-electron chi connectivity index (χ4n) is 2.57. The Morgan fingerprint density at radius 1 is 1.47 bits per heavy atom. The van der Waals surface area contributed by atoms with Crippen molar-refractivity contribution in [2.75, 3.05) is 11.4 Å². The standard InChI is InChI=1S/C14H18BrNO/c1-2-12-5-3-4-8-16(12)14-7-6-11(10-17)9-13(14)15/h6-7,9-10,12H,2-5,8H2,1H3. The number of hydrogen-bond acceptors (Lipinski definition) is 2. The van der Waals surface area contributed by atoms with Gasteiger partial charge in [-0.1, -0.05) is 6.92 Å². The van der Waals surface area contributed by atoms with Gasteiger partial charge in [0.2, 0.25) is 0 Å². The maximum Gasteiger partial charge on any atom is 0.150 e. The van der Waals surface area contributed by atoms with E-state index in [1.54, 1.807) is 0 Å². The molecule has 1 heterocycles. The van der Waals surface area contributed by atoms with Gasteiger partial charge in [-0.05, 0) is 59.8 Å². The summed E-state index contributed by atoms with van der Waals surface area (Å²) in [4.78, 5) is 13.2. The van der Waals surface area contributed by atoms with E-state index < -0.39 is 0 Å². The second-order valence-corrected chi connectivity index (χ2v) is 5.43. The number of hydrogen-bond donors (Lipinski definition) is 0. The summed E-state index contributed by atoms with van der Waals surface area (Å²) in [7, 11) is 0. The highest BCUT2D eigenvalue weighted by molar-refractivity contribution is 9.10. The topological polar surface area (TPSA) is 20.3 Å². The second kappa shape index (κ2) is 5.67. The van der Waals surface area contributed by atoms with E-state index in [9.17, 15) is 4.79 Å². The van der Waals surface area contributed by atoms with Crippen LogP contribution in [0, 0.1) is 0 Å². The molecule has 0 amide bonds. The monoisotopic (exact) mass is 295 g/mol. The predicted molar refractivity (Wildman–Crippen MR) is 74.8 cm³/mol. The third-order valence-electron chi connectivity index (χ3n) is 3.52. The van der Waals surface area contributed by atoms with Crippen molar-refractivity contribution in [1.29, 1.82) is 0 Å². The number of rotatable bonds is 3. The molecule has 0 aliphatic carbocycles. The molecule has 0 N–H and O–H groups in total. The highest BCUT2D eigenvalue weighted by atomic mass is 79.9. The average molecular weight is 296 g/mol. The molecule has 1 atom stereocenters. The zero-order valence-corrected chi connectivity index (χ0v) is 11.7. The van der Waals surface area contributed by atoms with E-state index in [2.05, 4.69) is 33.8 Å². The van der Waals surface area contributed by atoms with Crippen LogP contribution >= 0.6 is 15.9 Å². The molecule has 1 aliphatic rings. The molecule has 2 rings (SSSR count). The van der Waals surface area contributed by atoms with Gasteiger partial charge in [0.05, 0.1) is 5.69 Å². The van der Waals surface area contributed by atoms with Crippen LogP contribution in [0.4, 0.5) is 5.69 Å². The van der Waals surface area contributed by atoms with Crippen LogP contribution in [0.1, 0.15) is 43.0 Å². The molecule has 17 heavy (non-hydrogen) atoms. The largest absolute Gasteiger partial charge is 0.368 e. The second-order valence-electron chi connectivity index (χ2n) is 4.58.